The predicted molar refractivity (Wildman–Crippen MR) is 117 cm³/mol. The van der Waals surface area contributed by atoms with Crippen molar-refractivity contribution in [1.82, 2.24) is 34.7 Å². The second-order valence-corrected chi connectivity index (χ2v) is 7.57. The van der Waals surface area contributed by atoms with Gasteiger partial charge in [0.2, 0.25) is 0 Å². The summed E-state index contributed by atoms with van der Waals surface area (Å²) in [6.45, 7) is 2.62. The molecule has 0 radical (unpaired) electrons. The van der Waals surface area contributed by atoms with Crippen LogP contribution in [0.5, 0.6) is 0 Å². The number of pyridine rings is 1. The molecule has 0 saturated heterocycles. The maximum atomic E-state index is 13.6. The van der Waals surface area contributed by atoms with Crippen LogP contribution in [0.2, 0.25) is 0 Å². The summed E-state index contributed by atoms with van der Waals surface area (Å²) in [6.07, 6.45) is 10.5. The zero-order chi connectivity index (χ0) is 22.8. The quantitative estimate of drug-likeness (QED) is 0.469. The molecule has 0 fully saturated rings. The molecule has 9 nitrogen and oxygen atoms in total. The fourth-order valence-corrected chi connectivity index (χ4v) is 3.64. The number of hydrogen-bond donors (Lipinski definition) is 0. The minimum atomic E-state index is -0.574. The molecule has 1 aliphatic heterocycles. The summed E-state index contributed by atoms with van der Waals surface area (Å²) in [5.41, 5.74) is 3.36. The van der Waals surface area contributed by atoms with Gasteiger partial charge < -0.3 is 4.74 Å². The molecule has 0 saturated carbocycles. The summed E-state index contributed by atoms with van der Waals surface area (Å²) in [6, 6.07) is 8.50. The maximum Gasteiger partial charge on any atom is 0.259 e. The number of amides is 1. The normalized spacial score (nSPS) is 15.5. The number of carbonyl (C=O) groups is 1. The van der Waals surface area contributed by atoms with E-state index in [1.807, 2.05) is 25.1 Å². The van der Waals surface area contributed by atoms with Crippen molar-refractivity contribution in [2.45, 2.75) is 19.7 Å². The van der Waals surface area contributed by atoms with Gasteiger partial charge in [-0.3, -0.25) is 19.4 Å². The highest BCUT2D eigenvalue weighted by Gasteiger charge is 2.29. The van der Waals surface area contributed by atoms with Crippen molar-refractivity contribution in [3.63, 3.8) is 0 Å². The van der Waals surface area contributed by atoms with Gasteiger partial charge in [-0.05, 0) is 37.3 Å². The van der Waals surface area contributed by atoms with Gasteiger partial charge in [0.15, 0.2) is 6.23 Å². The number of aryl methyl sites for hydroxylation is 1. The number of halogens is 1. The summed E-state index contributed by atoms with van der Waals surface area (Å²) in [5.74, 6) is -0.601. The highest BCUT2D eigenvalue weighted by Crippen LogP contribution is 2.22. The van der Waals surface area contributed by atoms with E-state index < -0.39 is 12.0 Å². The molecular formula is C23H20FN7O2. The standard InChI is InChI=1S/C23H20FN7O2/c1-16-3-6-21(31-26-7-8-27-31)19(11-16)23(32)30-9-2-10-33-22(30)15-29-14-17(12-28-29)20-5-4-18(24)13-25-20/h2-8,10-14,22H,9,15H2,1H3. The lowest BCUT2D eigenvalue weighted by Gasteiger charge is -2.33. The molecule has 1 amide bonds. The van der Waals surface area contributed by atoms with Crippen LogP contribution < -0.4 is 0 Å². The molecule has 10 heteroatoms. The Hall–Kier alpha value is -4.34. The third kappa shape index (κ3) is 4.22. The van der Waals surface area contributed by atoms with Gasteiger partial charge in [-0.15, -0.1) is 0 Å². The molecule has 1 aliphatic rings. The lowest BCUT2D eigenvalue weighted by molar-refractivity contribution is -0.0175. The second kappa shape index (κ2) is 8.65. The Morgan fingerprint density at radius 3 is 2.79 bits per heavy atom. The van der Waals surface area contributed by atoms with E-state index in [2.05, 4.69) is 20.3 Å². The SMILES string of the molecule is Cc1ccc(-n2nccn2)c(C(=O)N2CC=COC2Cn2cc(-c3ccc(F)cn3)cn2)c1. The Morgan fingerprint density at radius 1 is 1.15 bits per heavy atom. The molecule has 33 heavy (non-hydrogen) atoms. The van der Waals surface area contributed by atoms with E-state index in [4.69, 9.17) is 4.74 Å². The van der Waals surface area contributed by atoms with Crippen LogP contribution in [0.3, 0.4) is 0 Å². The second-order valence-electron chi connectivity index (χ2n) is 7.57. The molecule has 0 spiro atoms. The molecular weight excluding hydrogens is 425 g/mol. The number of benzene rings is 1. The van der Waals surface area contributed by atoms with E-state index in [1.165, 1.54) is 10.9 Å². The molecule has 4 aromatic rings. The molecule has 1 atom stereocenters. The van der Waals surface area contributed by atoms with Gasteiger partial charge in [0.25, 0.3) is 5.91 Å². The van der Waals surface area contributed by atoms with Crippen LogP contribution >= 0.6 is 0 Å². The third-order valence-electron chi connectivity index (χ3n) is 5.26. The first-order valence-corrected chi connectivity index (χ1v) is 10.3. The summed E-state index contributed by atoms with van der Waals surface area (Å²) in [4.78, 5) is 20.7. The first-order chi connectivity index (χ1) is 16.1. The minimum Gasteiger partial charge on any atom is -0.476 e. The molecule has 4 heterocycles. The van der Waals surface area contributed by atoms with Gasteiger partial charge >= 0.3 is 0 Å². The van der Waals surface area contributed by atoms with Gasteiger partial charge in [0.05, 0.1) is 54.5 Å². The fraction of sp³-hybridized carbons (Fsp3) is 0.174. The van der Waals surface area contributed by atoms with Gasteiger partial charge in [0, 0.05) is 18.3 Å². The molecule has 0 bridgehead atoms. The van der Waals surface area contributed by atoms with E-state index in [9.17, 15) is 9.18 Å². The molecule has 3 aromatic heterocycles. The first kappa shape index (κ1) is 20.6. The predicted octanol–water partition coefficient (Wildman–Crippen LogP) is 2.99. The zero-order valence-electron chi connectivity index (χ0n) is 17.7. The van der Waals surface area contributed by atoms with E-state index in [0.29, 0.717) is 30.0 Å². The van der Waals surface area contributed by atoms with Crippen LogP contribution in [0.4, 0.5) is 4.39 Å². The van der Waals surface area contributed by atoms with Crippen LogP contribution in [0.15, 0.2) is 73.7 Å². The summed E-state index contributed by atoms with van der Waals surface area (Å²) >= 11 is 0. The van der Waals surface area contributed by atoms with Gasteiger partial charge in [-0.1, -0.05) is 11.6 Å². The lowest BCUT2D eigenvalue weighted by Crippen LogP contribution is -2.46. The van der Waals surface area contributed by atoms with Gasteiger partial charge in [0.1, 0.15) is 5.82 Å². The Balaban J connectivity index is 1.40. The monoisotopic (exact) mass is 445 g/mol. The highest BCUT2D eigenvalue weighted by atomic mass is 19.1. The first-order valence-electron chi connectivity index (χ1n) is 10.3. The number of ether oxygens (including phenoxy) is 1. The van der Waals surface area contributed by atoms with E-state index in [0.717, 1.165) is 17.3 Å². The van der Waals surface area contributed by atoms with Crippen molar-refractivity contribution < 1.29 is 13.9 Å². The maximum absolute atomic E-state index is 13.6. The van der Waals surface area contributed by atoms with Crippen molar-refractivity contribution in [2.24, 2.45) is 0 Å². The van der Waals surface area contributed by atoms with Crippen LogP contribution in [0, 0.1) is 12.7 Å². The van der Waals surface area contributed by atoms with Gasteiger partial charge in [-0.25, -0.2) is 4.39 Å². The molecule has 1 unspecified atom stereocenters. The van der Waals surface area contributed by atoms with E-state index in [1.54, 1.807) is 52.8 Å². The lowest BCUT2D eigenvalue weighted by atomic mass is 10.1. The van der Waals surface area contributed by atoms with Crippen LogP contribution in [0.25, 0.3) is 16.9 Å². The molecule has 0 aliphatic carbocycles. The number of rotatable bonds is 5. The Morgan fingerprint density at radius 2 is 2.00 bits per heavy atom. The van der Waals surface area contributed by atoms with Crippen molar-refractivity contribution in [2.75, 3.05) is 6.54 Å². The van der Waals surface area contributed by atoms with Crippen LogP contribution in [-0.4, -0.2) is 53.3 Å². The number of carbonyl (C=O) groups excluding carboxylic acids is 1. The Kier molecular flexibility index (Phi) is 5.39. The number of hydrogen-bond acceptors (Lipinski definition) is 6. The Bertz CT molecular complexity index is 1300. The minimum absolute atomic E-state index is 0.201. The topological polar surface area (TPSA) is 91.0 Å². The molecule has 5 rings (SSSR count). The average Bonchev–Trinajstić information content (AvgIpc) is 3.52. The largest absolute Gasteiger partial charge is 0.476 e. The summed E-state index contributed by atoms with van der Waals surface area (Å²) in [5, 5.41) is 12.7. The molecule has 1 aromatic carbocycles. The molecule has 166 valence electrons. The van der Waals surface area contributed by atoms with E-state index >= 15 is 0 Å². The van der Waals surface area contributed by atoms with Crippen LogP contribution in [0.1, 0.15) is 15.9 Å². The highest BCUT2D eigenvalue weighted by molar-refractivity contribution is 5.98. The van der Waals surface area contributed by atoms with Crippen molar-refractivity contribution in [3.8, 4) is 16.9 Å². The third-order valence-corrected chi connectivity index (χ3v) is 5.26. The van der Waals surface area contributed by atoms with Crippen molar-refractivity contribution in [1.29, 1.82) is 0 Å². The van der Waals surface area contributed by atoms with Crippen LogP contribution in [-0.2, 0) is 11.3 Å². The molecule has 0 N–H and O–H groups in total. The Labute approximate surface area is 188 Å². The van der Waals surface area contributed by atoms with Gasteiger partial charge in [-0.2, -0.15) is 20.1 Å². The zero-order valence-corrected chi connectivity index (χ0v) is 17.7. The number of nitrogens with zero attached hydrogens (tertiary/aromatic N) is 7. The smallest absolute Gasteiger partial charge is 0.259 e. The summed E-state index contributed by atoms with van der Waals surface area (Å²) in [7, 11) is 0. The number of aromatic nitrogens is 6. The fourth-order valence-electron chi connectivity index (χ4n) is 3.64. The average molecular weight is 445 g/mol. The summed E-state index contributed by atoms with van der Waals surface area (Å²) < 4.78 is 20.6. The van der Waals surface area contributed by atoms with Crippen molar-refractivity contribution >= 4 is 5.91 Å². The van der Waals surface area contributed by atoms with E-state index in [-0.39, 0.29) is 5.91 Å². The van der Waals surface area contributed by atoms with Crippen molar-refractivity contribution in [3.05, 3.63) is 90.6 Å².